The van der Waals surface area contributed by atoms with Gasteiger partial charge in [-0.25, -0.2) is 0 Å². The fourth-order valence-corrected chi connectivity index (χ4v) is 2.68. The Morgan fingerprint density at radius 3 is 2.17 bits per heavy atom. The fraction of sp³-hybridized carbons (Fsp3) is 0.381. The molecule has 2 heteroatoms. The molecular formula is C21H26O2. The van der Waals surface area contributed by atoms with Gasteiger partial charge in [0.15, 0.2) is 0 Å². The number of benzene rings is 2. The second-order valence-corrected chi connectivity index (χ2v) is 6.42. The van der Waals surface area contributed by atoms with Gasteiger partial charge in [0.2, 0.25) is 0 Å². The molecule has 2 aromatic carbocycles. The monoisotopic (exact) mass is 310 g/mol. The molecule has 0 saturated carbocycles. The molecule has 0 saturated heterocycles. The summed E-state index contributed by atoms with van der Waals surface area (Å²) in [5.41, 5.74) is 3.25. The van der Waals surface area contributed by atoms with Crippen LogP contribution in [0.25, 0.3) is 0 Å². The van der Waals surface area contributed by atoms with E-state index < -0.39 is 0 Å². The summed E-state index contributed by atoms with van der Waals surface area (Å²) in [4.78, 5) is 10.7. The summed E-state index contributed by atoms with van der Waals surface area (Å²) in [5.74, 6) is 1.47. The SMILES string of the molecule is CCCC(Oc1ccc(C=O)cc1)c1ccc(CC(C)C)cc1. The molecule has 0 heterocycles. The van der Waals surface area contributed by atoms with Crippen LogP contribution < -0.4 is 4.74 Å². The van der Waals surface area contributed by atoms with Crippen LogP contribution in [-0.2, 0) is 6.42 Å². The smallest absolute Gasteiger partial charge is 0.150 e. The van der Waals surface area contributed by atoms with Gasteiger partial charge in [0.05, 0.1) is 0 Å². The van der Waals surface area contributed by atoms with Gasteiger partial charge >= 0.3 is 0 Å². The maximum absolute atomic E-state index is 10.7. The molecule has 0 N–H and O–H groups in total. The van der Waals surface area contributed by atoms with Crippen LogP contribution >= 0.6 is 0 Å². The summed E-state index contributed by atoms with van der Waals surface area (Å²) in [7, 11) is 0. The van der Waals surface area contributed by atoms with Crippen LogP contribution in [0.1, 0.15) is 61.2 Å². The number of rotatable bonds is 8. The number of ether oxygens (including phenoxy) is 1. The van der Waals surface area contributed by atoms with Crippen molar-refractivity contribution in [3.05, 3.63) is 65.2 Å². The van der Waals surface area contributed by atoms with Gasteiger partial charge in [-0.1, -0.05) is 51.5 Å². The highest BCUT2D eigenvalue weighted by molar-refractivity contribution is 5.74. The van der Waals surface area contributed by atoms with E-state index in [0.29, 0.717) is 11.5 Å². The highest BCUT2D eigenvalue weighted by atomic mass is 16.5. The topological polar surface area (TPSA) is 26.3 Å². The fourth-order valence-electron chi connectivity index (χ4n) is 2.68. The van der Waals surface area contributed by atoms with Gasteiger partial charge < -0.3 is 4.74 Å². The molecule has 0 aliphatic carbocycles. The van der Waals surface area contributed by atoms with Crippen molar-refractivity contribution in [3.63, 3.8) is 0 Å². The Bertz CT molecular complexity index is 597. The molecule has 0 spiro atoms. The highest BCUT2D eigenvalue weighted by Gasteiger charge is 2.13. The van der Waals surface area contributed by atoms with Crippen LogP contribution in [0.5, 0.6) is 5.75 Å². The van der Waals surface area contributed by atoms with Crippen LogP contribution in [0, 0.1) is 5.92 Å². The average molecular weight is 310 g/mol. The molecule has 0 fully saturated rings. The summed E-state index contributed by atoms with van der Waals surface area (Å²) in [6.07, 6.45) is 4.03. The lowest BCUT2D eigenvalue weighted by molar-refractivity contribution is 0.112. The zero-order chi connectivity index (χ0) is 16.7. The van der Waals surface area contributed by atoms with E-state index in [0.717, 1.165) is 31.3 Å². The second kappa shape index (κ2) is 8.52. The number of aldehydes is 1. The maximum atomic E-state index is 10.7. The van der Waals surface area contributed by atoms with Gasteiger partial charge in [-0.3, -0.25) is 4.79 Å². The van der Waals surface area contributed by atoms with E-state index in [1.807, 2.05) is 12.1 Å². The van der Waals surface area contributed by atoms with E-state index in [9.17, 15) is 4.79 Å². The number of hydrogen-bond donors (Lipinski definition) is 0. The molecule has 122 valence electrons. The molecule has 0 radical (unpaired) electrons. The quantitative estimate of drug-likeness (QED) is 0.592. The molecule has 0 aliphatic rings. The molecule has 1 atom stereocenters. The van der Waals surface area contributed by atoms with Gasteiger partial charge in [-0.2, -0.15) is 0 Å². The molecule has 2 nitrogen and oxygen atoms in total. The lowest BCUT2D eigenvalue weighted by atomic mass is 9.99. The second-order valence-electron chi connectivity index (χ2n) is 6.42. The third-order valence-corrected chi connectivity index (χ3v) is 3.84. The Morgan fingerprint density at radius 2 is 1.65 bits per heavy atom. The molecule has 0 aliphatic heterocycles. The van der Waals surface area contributed by atoms with Crippen LogP contribution in [0.4, 0.5) is 0 Å². The van der Waals surface area contributed by atoms with Crippen molar-refractivity contribution in [1.29, 1.82) is 0 Å². The van der Waals surface area contributed by atoms with Gasteiger partial charge in [-0.05, 0) is 54.2 Å². The summed E-state index contributed by atoms with van der Waals surface area (Å²) in [6.45, 7) is 6.64. The van der Waals surface area contributed by atoms with E-state index in [2.05, 4.69) is 45.0 Å². The summed E-state index contributed by atoms with van der Waals surface area (Å²) in [6, 6.07) is 16.1. The first-order valence-corrected chi connectivity index (χ1v) is 8.43. The van der Waals surface area contributed by atoms with Crippen molar-refractivity contribution in [2.24, 2.45) is 5.92 Å². The Balaban J connectivity index is 2.11. The predicted octanol–water partition coefficient (Wildman–Crippen LogP) is 5.62. The number of hydrogen-bond acceptors (Lipinski definition) is 2. The van der Waals surface area contributed by atoms with Crippen molar-refractivity contribution < 1.29 is 9.53 Å². The molecule has 0 aromatic heterocycles. The first kappa shape index (κ1) is 17.3. The Hall–Kier alpha value is -2.09. The van der Waals surface area contributed by atoms with E-state index in [1.165, 1.54) is 11.1 Å². The highest BCUT2D eigenvalue weighted by Crippen LogP contribution is 2.26. The zero-order valence-electron chi connectivity index (χ0n) is 14.3. The van der Waals surface area contributed by atoms with Gasteiger partial charge in [0.25, 0.3) is 0 Å². The standard InChI is InChI=1S/C21H26O2/c1-4-5-21(23-20-12-8-18(15-22)9-13-20)19-10-6-17(7-11-19)14-16(2)3/h6-13,15-16,21H,4-5,14H2,1-3H3. The van der Waals surface area contributed by atoms with E-state index in [4.69, 9.17) is 4.74 Å². The lowest BCUT2D eigenvalue weighted by Crippen LogP contribution is -2.08. The van der Waals surface area contributed by atoms with Crippen molar-refractivity contribution in [1.82, 2.24) is 0 Å². The van der Waals surface area contributed by atoms with Crippen molar-refractivity contribution in [2.75, 3.05) is 0 Å². The predicted molar refractivity (Wildman–Crippen MR) is 95.1 cm³/mol. The maximum Gasteiger partial charge on any atom is 0.150 e. The number of carbonyl (C=O) groups excluding carboxylic acids is 1. The first-order chi connectivity index (χ1) is 11.1. The van der Waals surface area contributed by atoms with Crippen LogP contribution in [0.3, 0.4) is 0 Å². The summed E-state index contributed by atoms with van der Waals surface area (Å²) in [5, 5.41) is 0. The van der Waals surface area contributed by atoms with Crippen molar-refractivity contribution in [3.8, 4) is 5.75 Å². The summed E-state index contributed by atoms with van der Waals surface area (Å²) >= 11 is 0. The Morgan fingerprint density at radius 1 is 1.00 bits per heavy atom. The molecule has 0 amide bonds. The minimum atomic E-state index is 0.0511. The normalized spacial score (nSPS) is 12.2. The van der Waals surface area contributed by atoms with Crippen molar-refractivity contribution in [2.45, 2.75) is 46.1 Å². The average Bonchev–Trinajstić information content (AvgIpc) is 2.55. The van der Waals surface area contributed by atoms with Crippen LogP contribution in [0.15, 0.2) is 48.5 Å². The van der Waals surface area contributed by atoms with E-state index in [-0.39, 0.29) is 6.10 Å². The molecule has 23 heavy (non-hydrogen) atoms. The minimum absolute atomic E-state index is 0.0511. The lowest BCUT2D eigenvalue weighted by Gasteiger charge is -2.19. The van der Waals surface area contributed by atoms with E-state index >= 15 is 0 Å². The molecule has 1 unspecified atom stereocenters. The number of carbonyl (C=O) groups is 1. The Labute approximate surface area is 139 Å². The van der Waals surface area contributed by atoms with E-state index in [1.54, 1.807) is 12.1 Å². The third-order valence-electron chi connectivity index (χ3n) is 3.84. The third kappa shape index (κ3) is 5.24. The van der Waals surface area contributed by atoms with Gasteiger partial charge in [0, 0.05) is 5.56 Å². The molecule has 0 bridgehead atoms. The molecule has 2 rings (SSSR count). The van der Waals surface area contributed by atoms with Crippen LogP contribution in [0.2, 0.25) is 0 Å². The molecular weight excluding hydrogens is 284 g/mol. The van der Waals surface area contributed by atoms with Crippen LogP contribution in [-0.4, -0.2) is 6.29 Å². The first-order valence-electron chi connectivity index (χ1n) is 8.43. The largest absolute Gasteiger partial charge is 0.486 e. The van der Waals surface area contributed by atoms with Crippen molar-refractivity contribution >= 4 is 6.29 Å². The molecule has 2 aromatic rings. The van der Waals surface area contributed by atoms with Gasteiger partial charge in [0.1, 0.15) is 18.1 Å². The summed E-state index contributed by atoms with van der Waals surface area (Å²) < 4.78 is 6.15. The van der Waals surface area contributed by atoms with Gasteiger partial charge in [-0.15, -0.1) is 0 Å². The minimum Gasteiger partial charge on any atom is -0.486 e. The zero-order valence-corrected chi connectivity index (χ0v) is 14.3. The Kier molecular flexibility index (Phi) is 6.40.